The van der Waals surface area contributed by atoms with E-state index >= 15 is 0 Å². The fraction of sp³-hybridized carbons (Fsp3) is 0.923. The standard InChI is InChI=1S/C13H26N2S/c1-10(12(14)16)15-8-5-6-11(7-9-15)13(2,3)4/h10-11H,5-9H2,1-4H3,(H2,14,16). The van der Waals surface area contributed by atoms with Crippen molar-refractivity contribution in [2.75, 3.05) is 13.1 Å². The molecule has 1 saturated heterocycles. The third-order valence-electron chi connectivity index (χ3n) is 3.95. The van der Waals surface area contributed by atoms with Crippen molar-refractivity contribution < 1.29 is 0 Å². The first-order valence-corrected chi connectivity index (χ1v) is 6.76. The zero-order valence-electron chi connectivity index (χ0n) is 11.1. The van der Waals surface area contributed by atoms with Crippen molar-refractivity contribution >= 4 is 17.2 Å². The van der Waals surface area contributed by atoms with Gasteiger partial charge in [-0.05, 0) is 50.6 Å². The van der Waals surface area contributed by atoms with Gasteiger partial charge in [-0.3, -0.25) is 4.90 Å². The maximum atomic E-state index is 5.73. The summed E-state index contributed by atoms with van der Waals surface area (Å²) < 4.78 is 0. The lowest BCUT2D eigenvalue weighted by atomic mass is 9.77. The summed E-state index contributed by atoms with van der Waals surface area (Å²) >= 11 is 5.08. The zero-order chi connectivity index (χ0) is 12.3. The summed E-state index contributed by atoms with van der Waals surface area (Å²) in [6.07, 6.45) is 3.88. The molecule has 0 radical (unpaired) electrons. The lowest BCUT2D eigenvalue weighted by molar-refractivity contribution is 0.204. The normalized spacial score (nSPS) is 26.1. The van der Waals surface area contributed by atoms with Gasteiger partial charge in [0.1, 0.15) is 0 Å². The molecule has 0 aromatic carbocycles. The molecule has 0 bridgehead atoms. The number of nitrogens with zero attached hydrogens (tertiary/aromatic N) is 1. The zero-order valence-corrected chi connectivity index (χ0v) is 11.9. The van der Waals surface area contributed by atoms with Crippen LogP contribution in [-0.2, 0) is 0 Å². The highest BCUT2D eigenvalue weighted by molar-refractivity contribution is 7.80. The van der Waals surface area contributed by atoms with Gasteiger partial charge in [0.25, 0.3) is 0 Å². The van der Waals surface area contributed by atoms with E-state index in [0.717, 1.165) is 19.0 Å². The van der Waals surface area contributed by atoms with E-state index < -0.39 is 0 Å². The molecule has 0 amide bonds. The second-order valence-corrected chi connectivity index (χ2v) is 6.58. The van der Waals surface area contributed by atoms with Gasteiger partial charge in [0.15, 0.2) is 0 Å². The summed E-state index contributed by atoms with van der Waals surface area (Å²) in [6.45, 7) is 11.5. The van der Waals surface area contributed by atoms with Crippen LogP contribution in [0.5, 0.6) is 0 Å². The van der Waals surface area contributed by atoms with Crippen molar-refractivity contribution in [3.05, 3.63) is 0 Å². The second-order valence-electron chi connectivity index (χ2n) is 6.11. The van der Waals surface area contributed by atoms with Gasteiger partial charge in [-0.1, -0.05) is 33.0 Å². The highest BCUT2D eigenvalue weighted by Gasteiger charge is 2.28. The SMILES string of the molecule is CC(C(N)=S)N1CCCC(C(C)(C)C)CC1. The Bertz CT molecular complexity index is 245. The number of nitrogens with two attached hydrogens (primary N) is 1. The molecule has 1 aliphatic rings. The van der Waals surface area contributed by atoms with Gasteiger partial charge >= 0.3 is 0 Å². The van der Waals surface area contributed by atoms with E-state index in [0.29, 0.717) is 10.4 Å². The van der Waals surface area contributed by atoms with Crippen molar-refractivity contribution in [3.63, 3.8) is 0 Å². The van der Waals surface area contributed by atoms with Crippen LogP contribution in [0.25, 0.3) is 0 Å². The van der Waals surface area contributed by atoms with Crippen LogP contribution >= 0.6 is 12.2 Å². The second kappa shape index (κ2) is 5.46. The van der Waals surface area contributed by atoms with E-state index in [1.54, 1.807) is 0 Å². The Balaban J connectivity index is 2.56. The van der Waals surface area contributed by atoms with Gasteiger partial charge in [0.05, 0.1) is 11.0 Å². The molecule has 2 N–H and O–H groups in total. The smallest absolute Gasteiger partial charge is 0.0899 e. The Labute approximate surface area is 106 Å². The van der Waals surface area contributed by atoms with E-state index in [1.165, 1.54) is 19.3 Å². The molecule has 0 saturated carbocycles. The fourth-order valence-electron chi connectivity index (χ4n) is 2.55. The Kier molecular flexibility index (Phi) is 4.74. The first kappa shape index (κ1) is 13.9. The number of thiocarbonyl (C=S) groups is 1. The van der Waals surface area contributed by atoms with E-state index in [1.807, 2.05) is 0 Å². The van der Waals surface area contributed by atoms with Crippen LogP contribution < -0.4 is 5.73 Å². The predicted octanol–water partition coefficient (Wildman–Crippen LogP) is 2.81. The molecule has 1 heterocycles. The van der Waals surface area contributed by atoms with Gasteiger partial charge in [-0.25, -0.2) is 0 Å². The van der Waals surface area contributed by atoms with E-state index in [2.05, 4.69) is 32.6 Å². The van der Waals surface area contributed by atoms with Gasteiger partial charge in [0, 0.05) is 0 Å². The van der Waals surface area contributed by atoms with Crippen LogP contribution in [0.2, 0.25) is 0 Å². The summed E-state index contributed by atoms with van der Waals surface area (Å²) in [5, 5.41) is 0. The van der Waals surface area contributed by atoms with E-state index in [-0.39, 0.29) is 6.04 Å². The number of hydrogen-bond donors (Lipinski definition) is 1. The molecule has 16 heavy (non-hydrogen) atoms. The quantitative estimate of drug-likeness (QED) is 0.755. The van der Waals surface area contributed by atoms with Crippen LogP contribution in [0, 0.1) is 11.3 Å². The topological polar surface area (TPSA) is 29.3 Å². The van der Waals surface area contributed by atoms with Crippen LogP contribution in [0.3, 0.4) is 0 Å². The highest BCUT2D eigenvalue weighted by atomic mass is 32.1. The maximum absolute atomic E-state index is 5.73. The minimum atomic E-state index is 0.258. The number of likely N-dealkylation sites (tertiary alicyclic amines) is 1. The molecule has 0 aliphatic carbocycles. The molecule has 0 aromatic rings. The number of rotatable bonds is 2. The Morgan fingerprint density at radius 2 is 1.94 bits per heavy atom. The predicted molar refractivity (Wildman–Crippen MR) is 74.6 cm³/mol. The van der Waals surface area contributed by atoms with Crippen LogP contribution in [0.15, 0.2) is 0 Å². The summed E-state index contributed by atoms with van der Waals surface area (Å²) in [5.74, 6) is 0.830. The summed E-state index contributed by atoms with van der Waals surface area (Å²) in [5.41, 5.74) is 6.16. The molecular weight excluding hydrogens is 216 g/mol. The molecule has 0 spiro atoms. The van der Waals surface area contributed by atoms with Crippen LogP contribution in [0.1, 0.15) is 47.0 Å². The van der Waals surface area contributed by atoms with Crippen LogP contribution in [0.4, 0.5) is 0 Å². The monoisotopic (exact) mass is 242 g/mol. The molecular formula is C13H26N2S. The largest absolute Gasteiger partial charge is 0.392 e. The summed E-state index contributed by atoms with van der Waals surface area (Å²) in [7, 11) is 0. The van der Waals surface area contributed by atoms with Crippen molar-refractivity contribution in [2.45, 2.75) is 53.0 Å². The average Bonchev–Trinajstić information content (AvgIpc) is 2.40. The van der Waals surface area contributed by atoms with Gasteiger partial charge in [0.2, 0.25) is 0 Å². The summed E-state index contributed by atoms with van der Waals surface area (Å²) in [4.78, 5) is 3.07. The third-order valence-corrected chi connectivity index (χ3v) is 4.29. The number of hydrogen-bond acceptors (Lipinski definition) is 2. The van der Waals surface area contributed by atoms with Gasteiger partial charge < -0.3 is 5.73 Å². The summed E-state index contributed by atoms with van der Waals surface area (Å²) in [6, 6.07) is 0.258. The Hall–Kier alpha value is -0.150. The van der Waals surface area contributed by atoms with Crippen LogP contribution in [-0.4, -0.2) is 29.0 Å². The third kappa shape index (κ3) is 3.70. The molecule has 2 nitrogen and oxygen atoms in total. The molecule has 94 valence electrons. The Morgan fingerprint density at radius 3 is 2.44 bits per heavy atom. The Morgan fingerprint density at radius 1 is 1.31 bits per heavy atom. The first-order valence-electron chi connectivity index (χ1n) is 6.35. The van der Waals surface area contributed by atoms with Gasteiger partial charge in [-0.2, -0.15) is 0 Å². The fourth-order valence-corrected chi connectivity index (χ4v) is 2.70. The van der Waals surface area contributed by atoms with Crippen molar-refractivity contribution in [3.8, 4) is 0 Å². The first-order chi connectivity index (χ1) is 7.32. The molecule has 3 heteroatoms. The lowest BCUT2D eigenvalue weighted by Gasteiger charge is -2.30. The molecule has 1 fully saturated rings. The molecule has 1 rings (SSSR count). The van der Waals surface area contributed by atoms with E-state index in [9.17, 15) is 0 Å². The minimum Gasteiger partial charge on any atom is -0.392 e. The van der Waals surface area contributed by atoms with Gasteiger partial charge in [-0.15, -0.1) is 0 Å². The molecule has 1 aliphatic heterocycles. The highest BCUT2D eigenvalue weighted by Crippen LogP contribution is 2.34. The van der Waals surface area contributed by atoms with E-state index in [4.69, 9.17) is 18.0 Å². The minimum absolute atomic E-state index is 0.258. The van der Waals surface area contributed by atoms with Crippen molar-refractivity contribution in [2.24, 2.45) is 17.1 Å². The lowest BCUT2D eigenvalue weighted by Crippen LogP contribution is -2.42. The molecule has 2 atom stereocenters. The maximum Gasteiger partial charge on any atom is 0.0899 e. The molecule has 0 aromatic heterocycles. The molecule has 2 unspecified atom stereocenters. The average molecular weight is 242 g/mol. The van der Waals surface area contributed by atoms with Crippen molar-refractivity contribution in [1.29, 1.82) is 0 Å². The van der Waals surface area contributed by atoms with Crippen molar-refractivity contribution in [1.82, 2.24) is 4.90 Å².